The Labute approximate surface area is 106 Å². The fourth-order valence-electron chi connectivity index (χ4n) is 1.47. The molecule has 0 aliphatic rings. The zero-order valence-electron chi connectivity index (χ0n) is 9.01. The van der Waals surface area contributed by atoms with Crippen molar-refractivity contribution in [2.45, 2.75) is 0 Å². The number of carboxylic acid groups (broad SMARTS) is 1. The number of rotatable bonds is 3. The predicted octanol–water partition coefficient (Wildman–Crippen LogP) is 2.62. The van der Waals surface area contributed by atoms with E-state index in [1.807, 2.05) is 0 Å². The summed E-state index contributed by atoms with van der Waals surface area (Å²) >= 11 is 3.22. The molecule has 2 N–H and O–H groups in total. The second kappa shape index (κ2) is 4.58. The Kier molecular flexibility index (Phi) is 3.14. The van der Waals surface area contributed by atoms with E-state index in [4.69, 9.17) is 5.11 Å². The molecule has 0 saturated carbocycles. The zero-order valence-corrected chi connectivity index (χ0v) is 10.6. The number of hydrogen-bond acceptors (Lipinski definition) is 3. The average Bonchev–Trinajstić information content (AvgIpc) is 2.63. The van der Waals surface area contributed by atoms with Crippen molar-refractivity contribution in [1.29, 1.82) is 0 Å². The van der Waals surface area contributed by atoms with Crippen LogP contribution in [0.4, 0.5) is 11.5 Å². The monoisotopic (exact) mass is 295 g/mol. The Morgan fingerprint density at radius 1 is 1.47 bits per heavy atom. The number of aromatic nitrogens is 2. The second-order valence-electron chi connectivity index (χ2n) is 3.47. The highest BCUT2D eigenvalue weighted by molar-refractivity contribution is 9.10. The summed E-state index contributed by atoms with van der Waals surface area (Å²) < 4.78 is 2.17. The molecule has 1 heterocycles. The van der Waals surface area contributed by atoms with Gasteiger partial charge in [0.25, 0.3) is 0 Å². The maximum atomic E-state index is 11.1. The number of aromatic carboxylic acids is 1. The normalized spacial score (nSPS) is 10.2. The lowest BCUT2D eigenvalue weighted by Gasteiger charge is -2.08. The Morgan fingerprint density at radius 3 is 2.82 bits per heavy atom. The van der Waals surface area contributed by atoms with E-state index in [9.17, 15) is 4.79 Å². The summed E-state index contributed by atoms with van der Waals surface area (Å²) in [6, 6.07) is 6.92. The molecule has 0 aliphatic carbocycles. The van der Waals surface area contributed by atoms with E-state index in [1.54, 1.807) is 42.2 Å². The Hall–Kier alpha value is -1.82. The van der Waals surface area contributed by atoms with Gasteiger partial charge in [-0.3, -0.25) is 4.68 Å². The molecule has 0 bridgehead atoms. The van der Waals surface area contributed by atoms with Gasteiger partial charge in [0, 0.05) is 23.8 Å². The van der Waals surface area contributed by atoms with Crippen LogP contribution in [0, 0.1) is 0 Å². The molecule has 1 aromatic heterocycles. The second-order valence-corrected chi connectivity index (χ2v) is 4.32. The van der Waals surface area contributed by atoms with Gasteiger partial charge >= 0.3 is 5.97 Å². The number of hydrogen-bond donors (Lipinski definition) is 2. The van der Waals surface area contributed by atoms with Crippen LogP contribution >= 0.6 is 15.9 Å². The first kappa shape index (κ1) is 11.7. The lowest BCUT2D eigenvalue weighted by Crippen LogP contribution is -2.04. The largest absolute Gasteiger partial charge is 0.478 e. The zero-order chi connectivity index (χ0) is 12.4. The molecule has 0 spiro atoms. The fraction of sp³-hybridized carbons (Fsp3) is 0.0909. The standard InChI is InChI=1S/C11H10BrN3O2/c1-15-6-5-9(14-15)13-8-4-2-3-7(12)10(8)11(16)17/h2-6H,1H3,(H,13,14)(H,16,17). The van der Waals surface area contributed by atoms with Gasteiger partial charge in [0.1, 0.15) is 0 Å². The Balaban J connectivity index is 2.39. The number of halogens is 1. The van der Waals surface area contributed by atoms with Crippen LogP contribution in [0.25, 0.3) is 0 Å². The first-order chi connectivity index (χ1) is 8.08. The van der Waals surface area contributed by atoms with E-state index in [1.165, 1.54) is 0 Å². The summed E-state index contributed by atoms with van der Waals surface area (Å²) in [5.41, 5.74) is 0.698. The van der Waals surface area contributed by atoms with E-state index in [0.717, 1.165) is 0 Å². The van der Waals surface area contributed by atoms with Crippen LogP contribution in [-0.2, 0) is 7.05 Å². The van der Waals surface area contributed by atoms with Gasteiger partial charge in [-0.1, -0.05) is 6.07 Å². The average molecular weight is 296 g/mol. The van der Waals surface area contributed by atoms with Gasteiger partial charge in [-0.05, 0) is 28.1 Å². The highest BCUT2D eigenvalue weighted by Gasteiger charge is 2.14. The number of carbonyl (C=O) groups is 1. The molecular weight excluding hydrogens is 286 g/mol. The molecule has 0 amide bonds. The van der Waals surface area contributed by atoms with Gasteiger partial charge in [-0.25, -0.2) is 4.79 Å². The smallest absolute Gasteiger partial charge is 0.338 e. The Morgan fingerprint density at radius 2 is 2.24 bits per heavy atom. The molecule has 0 fully saturated rings. The van der Waals surface area contributed by atoms with E-state index in [2.05, 4.69) is 26.3 Å². The van der Waals surface area contributed by atoms with Gasteiger partial charge in [0.15, 0.2) is 5.82 Å². The third-order valence-corrected chi connectivity index (χ3v) is 2.86. The summed E-state index contributed by atoms with van der Waals surface area (Å²) in [7, 11) is 1.80. The van der Waals surface area contributed by atoms with Crippen molar-refractivity contribution in [1.82, 2.24) is 9.78 Å². The lowest BCUT2D eigenvalue weighted by atomic mass is 10.2. The number of aryl methyl sites for hydroxylation is 1. The molecule has 0 atom stereocenters. The molecule has 17 heavy (non-hydrogen) atoms. The first-order valence-corrected chi connectivity index (χ1v) is 5.65. The van der Waals surface area contributed by atoms with Crippen LogP contribution in [0.5, 0.6) is 0 Å². The van der Waals surface area contributed by atoms with Crippen LogP contribution < -0.4 is 5.32 Å². The first-order valence-electron chi connectivity index (χ1n) is 4.86. The van der Waals surface area contributed by atoms with Crippen LogP contribution in [0.2, 0.25) is 0 Å². The minimum atomic E-state index is -0.990. The van der Waals surface area contributed by atoms with E-state index in [-0.39, 0.29) is 5.56 Å². The SMILES string of the molecule is Cn1ccc(Nc2cccc(Br)c2C(=O)O)n1. The van der Waals surface area contributed by atoms with Crippen molar-refractivity contribution in [3.63, 3.8) is 0 Å². The molecule has 5 nitrogen and oxygen atoms in total. The van der Waals surface area contributed by atoms with Gasteiger partial charge in [-0.15, -0.1) is 0 Å². The molecule has 0 unspecified atom stereocenters. The number of nitrogens with one attached hydrogen (secondary N) is 1. The lowest BCUT2D eigenvalue weighted by molar-refractivity contribution is 0.0697. The highest BCUT2D eigenvalue weighted by Crippen LogP contribution is 2.26. The molecule has 6 heteroatoms. The maximum absolute atomic E-state index is 11.1. The van der Waals surface area contributed by atoms with Crippen molar-refractivity contribution in [3.05, 3.63) is 40.5 Å². The summed E-state index contributed by atoms with van der Waals surface area (Å²) in [6.07, 6.45) is 1.78. The topological polar surface area (TPSA) is 67.2 Å². The van der Waals surface area contributed by atoms with E-state index in [0.29, 0.717) is 16.0 Å². The third-order valence-electron chi connectivity index (χ3n) is 2.20. The van der Waals surface area contributed by atoms with Gasteiger partial charge < -0.3 is 10.4 Å². The molecule has 2 rings (SSSR count). The quantitative estimate of drug-likeness (QED) is 0.913. The predicted molar refractivity (Wildman–Crippen MR) is 67.6 cm³/mol. The Bertz CT molecular complexity index is 566. The van der Waals surface area contributed by atoms with Crippen molar-refractivity contribution in [3.8, 4) is 0 Å². The summed E-state index contributed by atoms with van der Waals surface area (Å²) in [5, 5.41) is 16.2. The summed E-state index contributed by atoms with van der Waals surface area (Å²) in [5.74, 6) is -0.385. The van der Waals surface area contributed by atoms with Crippen molar-refractivity contribution >= 4 is 33.4 Å². The van der Waals surface area contributed by atoms with Gasteiger partial charge in [0.2, 0.25) is 0 Å². The molecule has 88 valence electrons. The van der Waals surface area contributed by atoms with E-state index >= 15 is 0 Å². The molecule has 0 radical (unpaired) electrons. The van der Waals surface area contributed by atoms with Gasteiger partial charge in [0.05, 0.1) is 11.3 Å². The number of benzene rings is 1. The van der Waals surface area contributed by atoms with Gasteiger partial charge in [-0.2, -0.15) is 5.10 Å². The third kappa shape index (κ3) is 2.47. The summed E-state index contributed by atoms with van der Waals surface area (Å²) in [4.78, 5) is 11.1. The van der Waals surface area contributed by atoms with Crippen molar-refractivity contribution in [2.24, 2.45) is 7.05 Å². The number of nitrogens with zero attached hydrogens (tertiary/aromatic N) is 2. The fourth-order valence-corrected chi connectivity index (χ4v) is 2.00. The summed E-state index contributed by atoms with van der Waals surface area (Å²) in [6.45, 7) is 0. The highest BCUT2D eigenvalue weighted by atomic mass is 79.9. The van der Waals surface area contributed by atoms with Crippen LogP contribution in [-0.4, -0.2) is 20.9 Å². The maximum Gasteiger partial charge on any atom is 0.338 e. The van der Waals surface area contributed by atoms with Crippen LogP contribution in [0.1, 0.15) is 10.4 Å². The van der Waals surface area contributed by atoms with Crippen LogP contribution in [0.3, 0.4) is 0 Å². The molecule has 1 aromatic carbocycles. The minimum absolute atomic E-state index is 0.193. The minimum Gasteiger partial charge on any atom is -0.478 e. The molecule has 2 aromatic rings. The van der Waals surface area contributed by atoms with Crippen molar-refractivity contribution < 1.29 is 9.90 Å². The molecule has 0 saturated heterocycles. The number of carboxylic acids is 1. The van der Waals surface area contributed by atoms with Crippen LogP contribution in [0.15, 0.2) is 34.9 Å². The molecule has 0 aliphatic heterocycles. The molecular formula is C11H10BrN3O2. The van der Waals surface area contributed by atoms with Crippen molar-refractivity contribution in [2.75, 3.05) is 5.32 Å². The van der Waals surface area contributed by atoms with E-state index < -0.39 is 5.97 Å². The number of anilines is 2.